The Morgan fingerprint density at radius 2 is 2.29 bits per heavy atom. The lowest BCUT2D eigenvalue weighted by atomic mass is 9.72. The Labute approximate surface area is 124 Å². The Bertz CT molecular complexity index is 706. The summed E-state index contributed by atoms with van der Waals surface area (Å²) in [4.78, 5) is 17.7. The number of piperidine rings is 1. The fraction of sp³-hybridized carbons (Fsp3) is 0.471. The number of H-pyrrole nitrogens is 1. The van der Waals surface area contributed by atoms with Gasteiger partial charge in [0.25, 0.3) is 0 Å². The van der Waals surface area contributed by atoms with Gasteiger partial charge in [-0.05, 0) is 37.1 Å². The second-order valence-corrected chi connectivity index (χ2v) is 6.36. The monoisotopic (exact) mass is 284 g/mol. The van der Waals surface area contributed by atoms with Gasteiger partial charge < -0.3 is 14.6 Å². The number of likely N-dealkylation sites (tertiary alicyclic amines) is 1. The third kappa shape index (κ3) is 1.82. The van der Waals surface area contributed by atoms with Crippen LogP contribution >= 0.6 is 0 Å². The summed E-state index contributed by atoms with van der Waals surface area (Å²) < 4.78 is 4.97. The maximum Gasteiger partial charge on any atom is 0.309 e. The van der Waals surface area contributed by atoms with Crippen molar-refractivity contribution in [1.29, 1.82) is 0 Å². The number of hydrogen-bond acceptors (Lipinski definition) is 3. The molecule has 0 spiro atoms. The molecule has 0 amide bonds. The standard InChI is InChI=1S/C17H20N2O2/c1-19-9-11(17(20)21-2)6-13-12-4-3-5-14-16(12)10(8-18-14)7-15(13)19/h3-5,8,11,13,15,18H,6-7,9H2,1-2H3/t11-,13+,15-/m1/s1. The second kappa shape index (κ2) is 4.60. The number of likely N-dealkylation sites (N-methyl/N-ethyl adjacent to an activating group) is 1. The number of nitrogens with one attached hydrogen (secondary N) is 1. The molecule has 4 heteroatoms. The predicted molar refractivity (Wildman–Crippen MR) is 81.3 cm³/mol. The molecule has 4 nitrogen and oxygen atoms in total. The molecule has 21 heavy (non-hydrogen) atoms. The number of ether oxygens (including phenoxy) is 1. The van der Waals surface area contributed by atoms with Gasteiger partial charge in [-0.2, -0.15) is 0 Å². The van der Waals surface area contributed by atoms with Crippen LogP contribution < -0.4 is 0 Å². The molecule has 0 radical (unpaired) electrons. The van der Waals surface area contributed by atoms with E-state index in [9.17, 15) is 4.79 Å². The minimum absolute atomic E-state index is 0.0167. The molecule has 4 rings (SSSR count). The molecule has 1 aromatic heterocycles. The average molecular weight is 284 g/mol. The minimum Gasteiger partial charge on any atom is -0.469 e. The number of aromatic amines is 1. The summed E-state index contributed by atoms with van der Waals surface area (Å²) in [5, 5.41) is 1.37. The molecule has 0 bridgehead atoms. The van der Waals surface area contributed by atoms with Crippen LogP contribution in [0.5, 0.6) is 0 Å². The zero-order valence-corrected chi connectivity index (χ0v) is 12.4. The third-order valence-corrected chi connectivity index (χ3v) is 5.26. The van der Waals surface area contributed by atoms with E-state index in [1.807, 2.05) is 0 Å². The highest BCUT2D eigenvalue weighted by Gasteiger charge is 2.41. The molecule has 0 unspecified atom stereocenters. The summed E-state index contributed by atoms with van der Waals surface area (Å²) in [5.74, 6) is 0.323. The van der Waals surface area contributed by atoms with Crippen LogP contribution in [-0.2, 0) is 16.0 Å². The molecule has 1 aliphatic heterocycles. The second-order valence-electron chi connectivity index (χ2n) is 6.36. The summed E-state index contributed by atoms with van der Waals surface area (Å²) in [5.41, 5.74) is 4.01. The average Bonchev–Trinajstić information content (AvgIpc) is 2.92. The smallest absolute Gasteiger partial charge is 0.309 e. The maximum absolute atomic E-state index is 12.0. The zero-order chi connectivity index (χ0) is 14.6. The van der Waals surface area contributed by atoms with Gasteiger partial charge in [0, 0.05) is 35.6 Å². The molecule has 1 saturated heterocycles. The number of methoxy groups -OCH3 is 1. The van der Waals surface area contributed by atoms with Gasteiger partial charge in [-0.1, -0.05) is 12.1 Å². The number of nitrogens with zero attached hydrogens (tertiary/aromatic N) is 1. The van der Waals surface area contributed by atoms with Crippen LogP contribution in [0.1, 0.15) is 23.5 Å². The van der Waals surface area contributed by atoms with Crippen LogP contribution in [0.2, 0.25) is 0 Å². The molecule has 2 aliphatic rings. The summed E-state index contributed by atoms with van der Waals surface area (Å²) >= 11 is 0. The van der Waals surface area contributed by atoms with Crippen LogP contribution in [0.4, 0.5) is 0 Å². The first-order valence-electron chi connectivity index (χ1n) is 7.56. The lowest BCUT2D eigenvalue weighted by Crippen LogP contribution is -2.49. The van der Waals surface area contributed by atoms with Gasteiger partial charge in [-0.25, -0.2) is 0 Å². The molecule has 1 N–H and O–H groups in total. The Hall–Kier alpha value is -1.81. The summed E-state index contributed by atoms with van der Waals surface area (Å²) in [7, 11) is 3.62. The number of rotatable bonds is 1. The van der Waals surface area contributed by atoms with Gasteiger partial charge in [-0.3, -0.25) is 4.79 Å². The van der Waals surface area contributed by atoms with Crippen molar-refractivity contribution in [2.24, 2.45) is 5.92 Å². The number of carbonyl (C=O) groups is 1. The van der Waals surface area contributed by atoms with E-state index in [0.29, 0.717) is 12.0 Å². The Morgan fingerprint density at radius 1 is 1.43 bits per heavy atom. The molecule has 1 aliphatic carbocycles. The SMILES string of the molecule is COC(=O)[C@@H]1C[C@H]2c3cccc4[nH]cc(c34)C[C@H]2N(C)C1. The quantitative estimate of drug-likeness (QED) is 0.817. The normalized spacial score (nSPS) is 28.4. The summed E-state index contributed by atoms with van der Waals surface area (Å²) in [6.07, 6.45) is 4.10. The van der Waals surface area contributed by atoms with E-state index in [2.05, 4.69) is 41.3 Å². The van der Waals surface area contributed by atoms with Crippen LogP contribution in [0.15, 0.2) is 24.4 Å². The molecule has 3 atom stereocenters. The topological polar surface area (TPSA) is 45.3 Å². The van der Waals surface area contributed by atoms with Crippen molar-refractivity contribution in [2.75, 3.05) is 20.7 Å². The van der Waals surface area contributed by atoms with Crippen molar-refractivity contribution in [2.45, 2.75) is 24.8 Å². The van der Waals surface area contributed by atoms with E-state index in [1.54, 1.807) is 0 Å². The third-order valence-electron chi connectivity index (χ3n) is 5.26. The van der Waals surface area contributed by atoms with Gasteiger partial charge in [0.1, 0.15) is 0 Å². The van der Waals surface area contributed by atoms with Crippen LogP contribution in [-0.4, -0.2) is 42.6 Å². The lowest BCUT2D eigenvalue weighted by Gasteiger charge is -2.44. The van der Waals surface area contributed by atoms with Crippen molar-refractivity contribution in [3.05, 3.63) is 35.5 Å². The summed E-state index contributed by atoms with van der Waals surface area (Å²) in [6.45, 7) is 0.795. The van der Waals surface area contributed by atoms with E-state index in [-0.39, 0.29) is 11.9 Å². The van der Waals surface area contributed by atoms with Gasteiger partial charge in [0.2, 0.25) is 0 Å². The zero-order valence-electron chi connectivity index (χ0n) is 12.4. The van der Waals surface area contributed by atoms with Crippen molar-refractivity contribution in [3.63, 3.8) is 0 Å². The first kappa shape index (κ1) is 12.9. The lowest BCUT2D eigenvalue weighted by molar-refractivity contribution is -0.148. The fourth-order valence-corrected chi connectivity index (χ4v) is 4.28. The van der Waals surface area contributed by atoms with Crippen molar-refractivity contribution in [1.82, 2.24) is 9.88 Å². The highest BCUT2D eigenvalue weighted by Crippen LogP contribution is 2.44. The van der Waals surface area contributed by atoms with E-state index >= 15 is 0 Å². The van der Waals surface area contributed by atoms with Gasteiger partial charge in [0.05, 0.1) is 13.0 Å². The van der Waals surface area contributed by atoms with E-state index in [1.165, 1.54) is 29.1 Å². The highest BCUT2D eigenvalue weighted by molar-refractivity contribution is 5.88. The van der Waals surface area contributed by atoms with Gasteiger partial charge in [-0.15, -0.1) is 0 Å². The van der Waals surface area contributed by atoms with Crippen molar-refractivity contribution >= 4 is 16.9 Å². The maximum atomic E-state index is 12.0. The van der Waals surface area contributed by atoms with Crippen LogP contribution in [0.3, 0.4) is 0 Å². The largest absolute Gasteiger partial charge is 0.469 e. The number of hydrogen-bond donors (Lipinski definition) is 1. The molecular formula is C17H20N2O2. The Balaban J connectivity index is 1.79. The van der Waals surface area contributed by atoms with Crippen molar-refractivity contribution in [3.8, 4) is 0 Å². The molecule has 2 heterocycles. The minimum atomic E-state index is -0.0765. The number of benzene rings is 1. The van der Waals surface area contributed by atoms with Crippen LogP contribution in [0, 0.1) is 5.92 Å². The Kier molecular flexibility index (Phi) is 2.82. The van der Waals surface area contributed by atoms with E-state index in [4.69, 9.17) is 4.74 Å². The van der Waals surface area contributed by atoms with Gasteiger partial charge in [0.15, 0.2) is 0 Å². The van der Waals surface area contributed by atoms with Crippen LogP contribution in [0.25, 0.3) is 10.9 Å². The molecule has 110 valence electrons. The molecule has 0 saturated carbocycles. The summed E-state index contributed by atoms with van der Waals surface area (Å²) in [6, 6.07) is 6.96. The van der Waals surface area contributed by atoms with Crippen molar-refractivity contribution < 1.29 is 9.53 Å². The number of esters is 1. The molecule has 2 aromatic rings. The highest BCUT2D eigenvalue weighted by atomic mass is 16.5. The Morgan fingerprint density at radius 3 is 3.10 bits per heavy atom. The van der Waals surface area contributed by atoms with E-state index in [0.717, 1.165) is 19.4 Å². The first-order chi connectivity index (χ1) is 10.2. The molecule has 1 fully saturated rings. The number of fused-ring (bicyclic) bond motifs is 2. The first-order valence-corrected chi connectivity index (χ1v) is 7.56. The predicted octanol–water partition coefficient (Wildman–Crippen LogP) is 2.30. The molecular weight excluding hydrogens is 264 g/mol. The molecule has 1 aromatic carbocycles. The number of carbonyl (C=O) groups excluding carboxylic acids is 1. The fourth-order valence-electron chi connectivity index (χ4n) is 4.28. The van der Waals surface area contributed by atoms with E-state index < -0.39 is 0 Å². The van der Waals surface area contributed by atoms with Gasteiger partial charge >= 0.3 is 5.97 Å². The number of aromatic nitrogens is 1.